The molecule has 2 heterocycles. The normalized spacial score (nSPS) is 26.7. The van der Waals surface area contributed by atoms with Gasteiger partial charge < -0.3 is 9.64 Å². The van der Waals surface area contributed by atoms with Gasteiger partial charge in [-0.2, -0.15) is 0 Å². The zero-order valence-electron chi connectivity index (χ0n) is 8.85. The molecular formula is C10H14BrN3O. The van der Waals surface area contributed by atoms with Crippen LogP contribution in [0.5, 0.6) is 0 Å². The fourth-order valence-electron chi connectivity index (χ4n) is 1.81. The van der Waals surface area contributed by atoms with Crippen molar-refractivity contribution in [3.05, 3.63) is 16.9 Å². The molecule has 15 heavy (non-hydrogen) atoms. The van der Waals surface area contributed by atoms with E-state index in [2.05, 4.69) is 44.6 Å². The molecule has 1 aromatic rings. The summed E-state index contributed by atoms with van der Waals surface area (Å²) in [6.07, 6.45) is 4.02. The minimum Gasteiger partial charge on any atom is -0.372 e. The standard InChI is InChI=1S/C10H14BrN3O/c1-7-5-14(6-8(2)15-7)10-12-3-9(11)4-13-10/h3-4,7-8H,5-6H2,1-2H3/t7-,8-/m0/s1. The van der Waals surface area contributed by atoms with E-state index in [1.165, 1.54) is 0 Å². The monoisotopic (exact) mass is 271 g/mol. The lowest BCUT2D eigenvalue weighted by Gasteiger charge is -2.35. The summed E-state index contributed by atoms with van der Waals surface area (Å²) in [5, 5.41) is 0. The number of anilines is 1. The average molecular weight is 272 g/mol. The molecule has 0 N–H and O–H groups in total. The number of hydrogen-bond donors (Lipinski definition) is 0. The molecule has 0 radical (unpaired) electrons. The summed E-state index contributed by atoms with van der Waals surface area (Å²) in [5.74, 6) is 0.778. The van der Waals surface area contributed by atoms with E-state index in [-0.39, 0.29) is 12.2 Å². The van der Waals surface area contributed by atoms with Crippen LogP contribution in [0, 0.1) is 0 Å². The summed E-state index contributed by atoms with van der Waals surface area (Å²) >= 11 is 3.32. The first-order valence-electron chi connectivity index (χ1n) is 5.03. The van der Waals surface area contributed by atoms with Gasteiger partial charge in [0.25, 0.3) is 0 Å². The largest absolute Gasteiger partial charge is 0.372 e. The summed E-state index contributed by atoms with van der Waals surface area (Å²) in [7, 11) is 0. The van der Waals surface area contributed by atoms with Crippen LogP contribution in [-0.2, 0) is 4.74 Å². The van der Waals surface area contributed by atoms with Crippen molar-refractivity contribution in [1.82, 2.24) is 9.97 Å². The maximum absolute atomic E-state index is 5.66. The zero-order valence-corrected chi connectivity index (χ0v) is 10.4. The number of rotatable bonds is 1. The number of halogens is 1. The molecular weight excluding hydrogens is 258 g/mol. The van der Waals surface area contributed by atoms with Crippen molar-refractivity contribution >= 4 is 21.9 Å². The Morgan fingerprint density at radius 1 is 1.27 bits per heavy atom. The van der Waals surface area contributed by atoms with Crippen LogP contribution in [-0.4, -0.2) is 35.3 Å². The SMILES string of the molecule is C[C@H]1CN(c2ncc(Br)cn2)C[C@H](C)O1. The van der Waals surface area contributed by atoms with E-state index in [0.717, 1.165) is 23.5 Å². The Labute approximate surface area is 97.8 Å². The van der Waals surface area contributed by atoms with Crippen molar-refractivity contribution in [2.45, 2.75) is 26.1 Å². The number of nitrogens with zero attached hydrogens (tertiary/aromatic N) is 3. The molecule has 1 saturated heterocycles. The lowest BCUT2D eigenvalue weighted by molar-refractivity contribution is -0.00572. The summed E-state index contributed by atoms with van der Waals surface area (Å²) in [6.45, 7) is 5.85. The highest BCUT2D eigenvalue weighted by molar-refractivity contribution is 9.10. The Hall–Kier alpha value is -0.680. The van der Waals surface area contributed by atoms with Crippen LogP contribution in [0.1, 0.15) is 13.8 Å². The minimum atomic E-state index is 0.237. The van der Waals surface area contributed by atoms with Gasteiger partial charge in [-0.05, 0) is 29.8 Å². The topological polar surface area (TPSA) is 38.2 Å². The van der Waals surface area contributed by atoms with E-state index in [0.29, 0.717) is 0 Å². The van der Waals surface area contributed by atoms with Crippen molar-refractivity contribution in [2.75, 3.05) is 18.0 Å². The first-order chi connectivity index (χ1) is 7.15. The van der Waals surface area contributed by atoms with Gasteiger partial charge in [-0.15, -0.1) is 0 Å². The van der Waals surface area contributed by atoms with Crippen molar-refractivity contribution in [3.8, 4) is 0 Å². The van der Waals surface area contributed by atoms with Crippen LogP contribution in [0.4, 0.5) is 5.95 Å². The number of morpholine rings is 1. The molecule has 0 bridgehead atoms. The Morgan fingerprint density at radius 3 is 2.33 bits per heavy atom. The predicted molar refractivity (Wildman–Crippen MR) is 62.0 cm³/mol. The summed E-state index contributed by atoms with van der Waals surface area (Å²) in [6, 6.07) is 0. The van der Waals surface area contributed by atoms with Gasteiger partial charge in [-0.3, -0.25) is 0 Å². The van der Waals surface area contributed by atoms with Crippen molar-refractivity contribution < 1.29 is 4.74 Å². The maximum Gasteiger partial charge on any atom is 0.225 e. The Bertz CT molecular complexity index is 320. The van der Waals surface area contributed by atoms with Crippen LogP contribution in [0.3, 0.4) is 0 Å². The highest BCUT2D eigenvalue weighted by atomic mass is 79.9. The highest BCUT2D eigenvalue weighted by Gasteiger charge is 2.23. The molecule has 0 unspecified atom stereocenters. The Kier molecular flexibility index (Phi) is 3.21. The van der Waals surface area contributed by atoms with E-state index >= 15 is 0 Å². The van der Waals surface area contributed by atoms with Gasteiger partial charge in [0, 0.05) is 25.5 Å². The van der Waals surface area contributed by atoms with Crippen LogP contribution >= 0.6 is 15.9 Å². The first kappa shape index (κ1) is 10.8. The maximum atomic E-state index is 5.66. The van der Waals surface area contributed by atoms with Gasteiger partial charge in [0.2, 0.25) is 5.95 Å². The van der Waals surface area contributed by atoms with Gasteiger partial charge >= 0.3 is 0 Å². The van der Waals surface area contributed by atoms with Crippen LogP contribution in [0.25, 0.3) is 0 Å². The third-order valence-electron chi connectivity index (χ3n) is 2.31. The van der Waals surface area contributed by atoms with Gasteiger partial charge in [0.15, 0.2) is 0 Å². The quantitative estimate of drug-likeness (QED) is 0.782. The number of ether oxygens (including phenoxy) is 1. The minimum absolute atomic E-state index is 0.237. The van der Waals surface area contributed by atoms with E-state index in [4.69, 9.17) is 4.74 Å². The van der Waals surface area contributed by atoms with Crippen LogP contribution < -0.4 is 4.90 Å². The molecule has 5 heteroatoms. The molecule has 0 aromatic carbocycles. The molecule has 4 nitrogen and oxygen atoms in total. The summed E-state index contributed by atoms with van der Waals surface area (Å²) in [5.41, 5.74) is 0. The lowest BCUT2D eigenvalue weighted by atomic mass is 10.2. The molecule has 0 saturated carbocycles. The van der Waals surface area contributed by atoms with E-state index in [1.54, 1.807) is 12.4 Å². The molecule has 1 aromatic heterocycles. The molecule has 0 amide bonds. The third kappa shape index (κ3) is 2.66. The Balaban J connectivity index is 2.12. The second-order valence-electron chi connectivity index (χ2n) is 3.86. The average Bonchev–Trinajstić information content (AvgIpc) is 2.17. The first-order valence-corrected chi connectivity index (χ1v) is 5.82. The molecule has 82 valence electrons. The van der Waals surface area contributed by atoms with E-state index < -0.39 is 0 Å². The van der Waals surface area contributed by atoms with Crippen molar-refractivity contribution in [1.29, 1.82) is 0 Å². The van der Waals surface area contributed by atoms with E-state index in [1.807, 2.05) is 0 Å². The van der Waals surface area contributed by atoms with Crippen LogP contribution in [0.15, 0.2) is 16.9 Å². The smallest absolute Gasteiger partial charge is 0.225 e. The fraction of sp³-hybridized carbons (Fsp3) is 0.600. The lowest BCUT2D eigenvalue weighted by Crippen LogP contribution is -2.46. The third-order valence-corrected chi connectivity index (χ3v) is 2.72. The summed E-state index contributed by atoms with van der Waals surface area (Å²) in [4.78, 5) is 10.7. The predicted octanol–water partition coefficient (Wildman–Crippen LogP) is 1.85. The molecule has 1 fully saturated rings. The van der Waals surface area contributed by atoms with Gasteiger partial charge in [-0.25, -0.2) is 9.97 Å². The molecule has 2 atom stereocenters. The highest BCUT2D eigenvalue weighted by Crippen LogP contribution is 2.17. The van der Waals surface area contributed by atoms with Crippen molar-refractivity contribution in [3.63, 3.8) is 0 Å². The second kappa shape index (κ2) is 4.45. The van der Waals surface area contributed by atoms with Gasteiger partial charge in [0.05, 0.1) is 16.7 Å². The van der Waals surface area contributed by atoms with Crippen LogP contribution in [0.2, 0.25) is 0 Å². The molecule has 0 spiro atoms. The number of hydrogen-bond acceptors (Lipinski definition) is 4. The van der Waals surface area contributed by atoms with Crippen molar-refractivity contribution in [2.24, 2.45) is 0 Å². The van der Waals surface area contributed by atoms with Gasteiger partial charge in [0.1, 0.15) is 0 Å². The van der Waals surface area contributed by atoms with E-state index in [9.17, 15) is 0 Å². The molecule has 1 aliphatic rings. The molecule has 1 aliphatic heterocycles. The fourth-order valence-corrected chi connectivity index (χ4v) is 2.01. The summed E-state index contributed by atoms with van der Waals surface area (Å²) < 4.78 is 6.56. The molecule has 2 rings (SSSR count). The van der Waals surface area contributed by atoms with Gasteiger partial charge in [-0.1, -0.05) is 0 Å². The zero-order chi connectivity index (χ0) is 10.8. The second-order valence-corrected chi connectivity index (χ2v) is 4.78. The number of aromatic nitrogens is 2. The molecule has 0 aliphatic carbocycles. The Morgan fingerprint density at radius 2 is 1.80 bits per heavy atom.